The molecule has 54 heavy (non-hydrogen) atoms. The van der Waals surface area contributed by atoms with Crippen molar-refractivity contribution in [3.05, 3.63) is 232 Å². The van der Waals surface area contributed by atoms with Crippen molar-refractivity contribution >= 4 is 21.5 Å². The Hall–Kier alpha value is -5.37. The minimum Gasteiger partial charge on any atom is -0.358 e. The fourth-order valence-electron chi connectivity index (χ4n) is 8.34. The summed E-state index contributed by atoms with van der Waals surface area (Å²) in [6, 6.07) is 73.5. The van der Waals surface area contributed by atoms with Gasteiger partial charge in [-0.15, -0.1) is 68.1 Å². The fraction of sp³-hybridized carbons (Fsp3) is 0.0566. The van der Waals surface area contributed by atoms with Gasteiger partial charge in [0.25, 0.3) is 0 Å². The zero-order valence-electron chi connectivity index (χ0n) is 31.3. The molecule has 0 nitrogen and oxygen atoms in total. The molecule has 0 atom stereocenters. The second kappa shape index (κ2) is 16.3. The van der Waals surface area contributed by atoms with E-state index in [9.17, 15) is 0 Å². The van der Waals surface area contributed by atoms with E-state index in [4.69, 9.17) is 0 Å². The first-order valence-corrected chi connectivity index (χ1v) is 17.9. The fourth-order valence-corrected chi connectivity index (χ4v) is 8.34. The van der Waals surface area contributed by atoms with Gasteiger partial charge in [-0.2, -0.15) is 0 Å². The number of fused-ring (bicyclic) bond motifs is 2. The first-order valence-electron chi connectivity index (χ1n) is 17.9. The van der Waals surface area contributed by atoms with Gasteiger partial charge in [0.1, 0.15) is 0 Å². The van der Waals surface area contributed by atoms with Crippen LogP contribution in [0.2, 0.25) is 0 Å². The Bertz CT molecular complexity index is 2410. The van der Waals surface area contributed by atoms with E-state index in [1.807, 2.05) is 0 Å². The monoisotopic (exact) mass is 860 g/mol. The third-order valence-corrected chi connectivity index (χ3v) is 10.7. The summed E-state index contributed by atoms with van der Waals surface area (Å²) in [5.41, 5.74) is 13.7. The molecule has 0 aliphatic rings. The van der Waals surface area contributed by atoms with Gasteiger partial charge in [-0.3, -0.25) is 0 Å². The third-order valence-electron chi connectivity index (χ3n) is 10.7. The molecule has 0 bridgehead atoms. The molecule has 0 saturated carbocycles. The normalized spacial score (nSPS) is 11.1. The molecule has 0 radical (unpaired) electrons. The molecular formula is C53H44Hf. The van der Waals surface area contributed by atoms with Gasteiger partial charge in [-0.1, -0.05) is 194 Å². The van der Waals surface area contributed by atoms with E-state index >= 15 is 0 Å². The van der Waals surface area contributed by atoms with Crippen LogP contribution in [0.1, 0.15) is 23.6 Å². The van der Waals surface area contributed by atoms with Crippen LogP contribution in [-0.4, -0.2) is 0 Å². The summed E-state index contributed by atoms with van der Waals surface area (Å²) < 4.78 is 0. The van der Waals surface area contributed by atoms with E-state index in [1.165, 1.54) is 82.7 Å². The average Bonchev–Trinajstić information content (AvgIpc) is 3.80. The van der Waals surface area contributed by atoms with Crippen molar-refractivity contribution in [2.75, 3.05) is 0 Å². The van der Waals surface area contributed by atoms with E-state index in [-0.39, 0.29) is 46.1 Å². The molecule has 9 aromatic rings. The Kier molecular flexibility index (Phi) is 11.6. The van der Waals surface area contributed by atoms with Gasteiger partial charge in [0.05, 0.1) is 0 Å². The number of hydrogen-bond donors (Lipinski definition) is 0. The summed E-state index contributed by atoms with van der Waals surface area (Å²) in [7, 11) is 0. The smallest absolute Gasteiger partial charge is 0.358 e. The zero-order chi connectivity index (χ0) is 34.2. The predicted octanol–water partition coefficient (Wildman–Crippen LogP) is 14.5. The van der Waals surface area contributed by atoms with Gasteiger partial charge >= 0.3 is 25.8 Å². The Balaban J connectivity index is 0.00000166. The maximum absolute atomic E-state index is 2.49. The average molecular weight is 859 g/mol. The van der Waals surface area contributed by atoms with Gasteiger partial charge in [-0.25, -0.2) is 0 Å². The summed E-state index contributed by atoms with van der Waals surface area (Å²) in [4.78, 5) is 0. The summed E-state index contributed by atoms with van der Waals surface area (Å²) >= 11 is 0. The molecule has 9 aromatic carbocycles. The van der Waals surface area contributed by atoms with E-state index in [0.717, 1.165) is 6.42 Å². The second-order valence-corrected chi connectivity index (χ2v) is 13.9. The standard InChI is InChI=1S/C51H38.2CH3.Hf/c1-51(35-36-15-5-2-6-16-36,49-45-23-13-11-21-43(45)33-47(49)41-29-25-39(26-30-41)37-17-7-3-8-18-37)50-46-24-14-12-22-44(46)34-48(50)42-31-27-40(28-32-42)38-19-9-4-10-20-38;;;/h2-34H,35H2,1H3;2*1H3;/q-2;2*-1;+4. The number of benzene rings is 7. The van der Waals surface area contributed by atoms with Gasteiger partial charge in [0, 0.05) is 0 Å². The third kappa shape index (κ3) is 7.02. The van der Waals surface area contributed by atoms with Crippen molar-refractivity contribution < 1.29 is 25.8 Å². The van der Waals surface area contributed by atoms with Crippen LogP contribution >= 0.6 is 0 Å². The van der Waals surface area contributed by atoms with E-state index in [2.05, 4.69) is 207 Å². The summed E-state index contributed by atoms with van der Waals surface area (Å²) in [5, 5.41) is 5.18. The molecule has 0 aromatic heterocycles. The molecule has 0 N–H and O–H groups in total. The maximum atomic E-state index is 2.49. The van der Waals surface area contributed by atoms with Crippen LogP contribution in [-0.2, 0) is 37.7 Å². The van der Waals surface area contributed by atoms with Gasteiger partial charge < -0.3 is 14.9 Å². The molecule has 0 fully saturated rings. The molecule has 0 unspecified atom stereocenters. The quantitative estimate of drug-likeness (QED) is 0.105. The molecule has 0 heterocycles. The van der Waals surface area contributed by atoms with Crippen LogP contribution in [0.15, 0.2) is 200 Å². The van der Waals surface area contributed by atoms with Crippen LogP contribution in [0.25, 0.3) is 66.1 Å². The molecular weight excluding hydrogens is 815 g/mol. The summed E-state index contributed by atoms with van der Waals surface area (Å²) in [5.74, 6) is 0. The molecule has 9 rings (SSSR count). The van der Waals surface area contributed by atoms with Crippen molar-refractivity contribution in [1.29, 1.82) is 0 Å². The van der Waals surface area contributed by atoms with Crippen LogP contribution in [0.4, 0.5) is 0 Å². The molecule has 0 saturated heterocycles. The SMILES string of the molecule is CC(Cc1ccccc1)(c1c(-c2ccc(-c3ccccc3)cc2)[cH-]c2ccccc12)c1c(-c2ccc(-c3ccccc3)cc2)[cH-]c2ccccc12.[CH3-].[CH3-].[Hf+4]. The van der Waals surface area contributed by atoms with Gasteiger partial charge in [0.15, 0.2) is 0 Å². The Morgan fingerprint density at radius 1 is 0.370 bits per heavy atom. The second-order valence-electron chi connectivity index (χ2n) is 13.9. The Morgan fingerprint density at radius 3 is 1.09 bits per heavy atom. The molecule has 0 aliphatic carbocycles. The van der Waals surface area contributed by atoms with Crippen molar-refractivity contribution in [1.82, 2.24) is 0 Å². The molecule has 260 valence electrons. The van der Waals surface area contributed by atoms with Crippen LogP contribution in [0.5, 0.6) is 0 Å². The van der Waals surface area contributed by atoms with Crippen LogP contribution in [0.3, 0.4) is 0 Å². The van der Waals surface area contributed by atoms with Crippen molar-refractivity contribution in [3.63, 3.8) is 0 Å². The molecule has 1 heteroatoms. The minimum atomic E-state index is -0.381. The van der Waals surface area contributed by atoms with E-state index < -0.39 is 0 Å². The van der Waals surface area contributed by atoms with E-state index in [1.54, 1.807) is 0 Å². The maximum Gasteiger partial charge on any atom is 4.00 e. The topological polar surface area (TPSA) is 0 Å². The Morgan fingerprint density at radius 2 is 0.685 bits per heavy atom. The summed E-state index contributed by atoms with van der Waals surface area (Å²) in [6.07, 6.45) is 0.861. The number of rotatable bonds is 8. The zero-order valence-corrected chi connectivity index (χ0v) is 34.9. The Labute approximate surface area is 340 Å². The van der Waals surface area contributed by atoms with Crippen LogP contribution in [0, 0.1) is 14.9 Å². The van der Waals surface area contributed by atoms with E-state index in [0.29, 0.717) is 0 Å². The molecule has 0 spiro atoms. The predicted molar refractivity (Wildman–Crippen MR) is 230 cm³/mol. The molecule has 0 amide bonds. The largest absolute Gasteiger partial charge is 4.00 e. The van der Waals surface area contributed by atoms with Gasteiger partial charge in [0.2, 0.25) is 0 Å². The van der Waals surface area contributed by atoms with Crippen molar-refractivity contribution in [2.45, 2.75) is 18.8 Å². The number of hydrogen-bond acceptors (Lipinski definition) is 0. The first kappa shape index (κ1) is 38.4. The first-order chi connectivity index (χ1) is 25.2. The van der Waals surface area contributed by atoms with Crippen molar-refractivity contribution in [2.24, 2.45) is 0 Å². The van der Waals surface area contributed by atoms with Crippen LogP contribution < -0.4 is 0 Å². The summed E-state index contributed by atoms with van der Waals surface area (Å²) in [6.45, 7) is 2.49. The van der Waals surface area contributed by atoms with Crippen molar-refractivity contribution in [3.8, 4) is 44.5 Å². The minimum absolute atomic E-state index is 0. The van der Waals surface area contributed by atoms with Gasteiger partial charge in [-0.05, 0) is 39.7 Å². The molecule has 0 aliphatic heterocycles.